The highest BCUT2D eigenvalue weighted by atomic mass is 19.4. The summed E-state index contributed by atoms with van der Waals surface area (Å²) in [6.45, 7) is 5.10. The van der Waals surface area contributed by atoms with Crippen molar-refractivity contribution in [1.29, 1.82) is 0 Å². The molecule has 0 fully saturated rings. The molecule has 3 aromatic rings. The zero-order valence-corrected chi connectivity index (χ0v) is 15.5. The maximum atomic E-state index is 12.9. The lowest BCUT2D eigenvalue weighted by atomic mass is 10.0. The Balaban J connectivity index is 1.82. The zero-order valence-electron chi connectivity index (χ0n) is 15.5. The number of nitrogens with one attached hydrogen (secondary N) is 1. The number of nitrogens with zero attached hydrogens (tertiary/aromatic N) is 1. The van der Waals surface area contributed by atoms with Crippen LogP contribution in [0.4, 0.5) is 18.9 Å². The highest BCUT2D eigenvalue weighted by molar-refractivity contribution is 6.35. The lowest BCUT2D eigenvalue weighted by Gasteiger charge is -2.08. The van der Waals surface area contributed by atoms with E-state index in [1.54, 1.807) is 6.08 Å². The van der Waals surface area contributed by atoms with E-state index in [0.29, 0.717) is 17.1 Å². The van der Waals surface area contributed by atoms with E-state index >= 15 is 0 Å². The second kappa shape index (κ2) is 6.55. The Labute approximate surface area is 160 Å². The summed E-state index contributed by atoms with van der Waals surface area (Å²) in [6, 6.07) is 11.3. The van der Waals surface area contributed by atoms with Crippen LogP contribution >= 0.6 is 0 Å². The molecule has 0 bridgehead atoms. The normalized spacial score (nSPS) is 15.5. The lowest BCUT2D eigenvalue weighted by Crippen LogP contribution is -2.06. The van der Waals surface area contributed by atoms with E-state index in [9.17, 15) is 18.0 Å². The Kier molecular flexibility index (Phi) is 4.29. The van der Waals surface area contributed by atoms with Crippen LogP contribution in [0.5, 0.6) is 0 Å². The largest absolute Gasteiger partial charge is 0.416 e. The Morgan fingerprint density at radius 3 is 2.61 bits per heavy atom. The smallest absolute Gasteiger partial charge is 0.347 e. The molecule has 1 N–H and O–H groups in total. The summed E-state index contributed by atoms with van der Waals surface area (Å²) in [6.07, 6.45) is -0.697. The fourth-order valence-corrected chi connectivity index (χ4v) is 3.60. The van der Waals surface area contributed by atoms with Crippen molar-refractivity contribution >= 4 is 34.1 Å². The van der Waals surface area contributed by atoms with Crippen LogP contribution in [-0.4, -0.2) is 10.5 Å². The van der Waals surface area contributed by atoms with Gasteiger partial charge < -0.3 is 9.88 Å². The second-order valence-electron chi connectivity index (χ2n) is 7.42. The van der Waals surface area contributed by atoms with E-state index in [-0.39, 0.29) is 5.69 Å². The first-order valence-corrected chi connectivity index (χ1v) is 9.06. The molecule has 28 heavy (non-hydrogen) atoms. The summed E-state index contributed by atoms with van der Waals surface area (Å²) in [7, 11) is 0. The van der Waals surface area contributed by atoms with Crippen LogP contribution in [-0.2, 0) is 17.5 Å². The maximum absolute atomic E-state index is 12.9. The van der Waals surface area contributed by atoms with Crippen molar-refractivity contribution in [1.82, 2.24) is 4.57 Å². The Bertz CT molecular complexity index is 1110. The van der Waals surface area contributed by atoms with Crippen molar-refractivity contribution in [2.24, 2.45) is 5.92 Å². The quantitative estimate of drug-likeness (QED) is 0.568. The summed E-state index contributed by atoms with van der Waals surface area (Å²) in [4.78, 5) is 12.4. The second-order valence-corrected chi connectivity index (χ2v) is 7.42. The molecule has 1 amide bonds. The minimum absolute atomic E-state index is 0.192. The SMILES string of the molecule is CC(C)Cn1cc(/C=C2/C(=O)Nc3cc(C(F)(F)F)ccc32)c2ccccc21. The van der Waals surface area contributed by atoms with Crippen LogP contribution < -0.4 is 5.32 Å². The monoisotopic (exact) mass is 384 g/mol. The van der Waals surface area contributed by atoms with E-state index in [2.05, 4.69) is 23.7 Å². The Morgan fingerprint density at radius 2 is 1.89 bits per heavy atom. The van der Waals surface area contributed by atoms with Crippen molar-refractivity contribution in [2.75, 3.05) is 5.32 Å². The average Bonchev–Trinajstić information content (AvgIpc) is 3.12. The first kappa shape index (κ1) is 18.3. The molecule has 1 aromatic heterocycles. The van der Waals surface area contributed by atoms with E-state index in [1.165, 1.54) is 6.07 Å². The number of fused-ring (bicyclic) bond motifs is 2. The molecule has 144 valence electrons. The van der Waals surface area contributed by atoms with Gasteiger partial charge in [-0.05, 0) is 30.2 Å². The van der Waals surface area contributed by atoms with Gasteiger partial charge >= 0.3 is 6.18 Å². The number of anilines is 1. The third-order valence-corrected chi connectivity index (χ3v) is 4.81. The molecule has 0 saturated heterocycles. The van der Waals surface area contributed by atoms with Gasteiger partial charge in [-0.25, -0.2) is 0 Å². The molecule has 0 unspecified atom stereocenters. The van der Waals surface area contributed by atoms with Gasteiger partial charge in [0.25, 0.3) is 5.91 Å². The lowest BCUT2D eigenvalue weighted by molar-refractivity contribution is -0.137. The molecule has 0 aliphatic carbocycles. The third kappa shape index (κ3) is 3.19. The Hall–Kier alpha value is -3.02. The van der Waals surface area contributed by atoms with Gasteiger partial charge in [0.2, 0.25) is 0 Å². The number of hydrogen-bond acceptors (Lipinski definition) is 1. The molecule has 4 rings (SSSR count). The minimum atomic E-state index is -4.45. The molecular formula is C22H19F3N2O. The topological polar surface area (TPSA) is 34.0 Å². The van der Waals surface area contributed by atoms with E-state index in [4.69, 9.17) is 0 Å². The van der Waals surface area contributed by atoms with Gasteiger partial charge in [-0.15, -0.1) is 0 Å². The molecule has 2 aromatic carbocycles. The predicted octanol–water partition coefficient (Wildman–Crippen LogP) is 5.81. The van der Waals surface area contributed by atoms with Crippen molar-refractivity contribution in [3.8, 4) is 0 Å². The van der Waals surface area contributed by atoms with Crippen LogP contribution in [0.15, 0.2) is 48.7 Å². The molecule has 0 spiro atoms. The van der Waals surface area contributed by atoms with Crippen molar-refractivity contribution in [3.63, 3.8) is 0 Å². The van der Waals surface area contributed by atoms with Crippen LogP contribution in [0.1, 0.15) is 30.5 Å². The van der Waals surface area contributed by atoms with Gasteiger partial charge in [-0.1, -0.05) is 38.1 Å². The van der Waals surface area contributed by atoms with Crippen molar-refractivity contribution in [2.45, 2.75) is 26.6 Å². The van der Waals surface area contributed by atoms with Gasteiger partial charge in [0.05, 0.1) is 5.56 Å². The first-order chi connectivity index (χ1) is 13.2. The van der Waals surface area contributed by atoms with E-state index in [1.807, 2.05) is 30.5 Å². The molecule has 0 radical (unpaired) electrons. The Morgan fingerprint density at radius 1 is 1.14 bits per heavy atom. The number of hydrogen-bond donors (Lipinski definition) is 1. The number of alkyl halides is 3. The standard InChI is InChI=1S/C22H19F3N2O/c1-13(2)11-27-12-14(16-5-3-4-6-20(16)27)9-18-17-8-7-15(22(23,24)25)10-19(17)26-21(18)28/h3-10,12-13H,11H2,1-2H3,(H,26,28)/b18-9+. The molecule has 2 heterocycles. The number of halogens is 3. The minimum Gasteiger partial charge on any atom is -0.347 e. The molecule has 6 heteroatoms. The third-order valence-electron chi connectivity index (χ3n) is 4.81. The van der Waals surface area contributed by atoms with Crippen LogP contribution in [0.3, 0.4) is 0 Å². The molecular weight excluding hydrogens is 365 g/mol. The summed E-state index contributed by atoms with van der Waals surface area (Å²) in [5.74, 6) is 0.0580. The summed E-state index contributed by atoms with van der Waals surface area (Å²) in [5.41, 5.74) is 2.21. The van der Waals surface area contributed by atoms with E-state index in [0.717, 1.165) is 35.1 Å². The van der Waals surface area contributed by atoms with Crippen LogP contribution in [0, 0.1) is 5.92 Å². The van der Waals surface area contributed by atoms with Gasteiger partial charge in [0.1, 0.15) is 0 Å². The fraction of sp³-hybridized carbons (Fsp3) is 0.227. The molecule has 1 aliphatic rings. The number of benzene rings is 2. The summed E-state index contributed by atoms with van der Waals surface area (Å²) >= 11 is 0. The van der Waals surface area contributed by atoms with Gasteiger partial charge in [-0.2, -0.15) is 13.2 Å². The first-order valence-electron chi connectivity index (χ1n) is 9.06. The molecule has 0 saturated carbocycles. The molecule has 1 aliphatic heterocycles. The highest BCUT2D eigenvalue weighted by Crippen LogP contribution is 2.39. The van der Waals surface area contributed by atoms with Crippen molar-refractivity contribution < 1.29 is 18.0 Å². The number of carbonyl (C=O) groups is 1. The summed E-state index contributed by atoms with van der Waals surface area (Å²) in [5, 5.41) is 3.56. The van der Waals surface area contributed by atoms with E-state index < -0.39 is 17.6 Å². The van der Waals surface area contributed by atoms with Crippen LogP contribution in [0.25, 0.3) is 22.6 Å². The number of amides is 1. The predicted molar refractivity (Wildman–Crippen MR) is 105 cm³/mol. The van der Waals surface area contributed by atoms with Crippen molar-refractivity contribution in [3.05, 3.63) is 65.4 Å². The fourth-order valence-electron chi connectivity index (χ4n) is 3.60. The molecule has 0 atom stereocenters. The average molecular weight is 384 g/mol. The zero-order chi connectivity index (χ0) is 20.1. The van der Waals surface area contributed by atoms with Gasteiger partial charge in [0, 0.05) is 46.0 Å². The summed E-state index contributed by atoms with van der Waals surface area (Å²) < 4.78 is 41.0. The molecule has 3 nitrogen and oxygen atoms in total. The number of carbonyl (C=O) groups excluding carboxylic acids is 1. The maximum Gasteiger partial charge on any atom is 0.416 e. The highest BCUT2D eigenvalue weighted by Gasteiger charge is 2.33. The number of aromatic nitrogens is 1. The number of rotatable bonds is 3. The van der Waals surface area contributed by atoms with Gasteiger partial charge in [-0.3, -0.25) is 4.79 Å². The number of para-hydroxylation sites is 1. The van der Waals surface area contributed by atoms with Crippen LogP contribution in [0.2, 0.25) is 0 Å². The van der Waals surface area contributed by atoms with Gasteiger partial charge in [0.15, 0.2) is 0 Å².